The lowest BCUT2D eigenvalue weighted by Crippen LogP contribution is -2.40. The number of carbonyl (C=O) groups is 2. The molecule has 1 heterocycles. The summed E-state index contributed by atoms with van der Waals surface area (Å²) in [5, 5.41) is 9.10. The quantitative estimate of drug-likeness (QED) is 0.723. The average molecular weight is 278 g/mol. The van der Waals surface area contributed by atoms with Gasteiger partial charge >= 0.3 is 5.97 Å². The second kappa shape index (κ2) is 6.74. The minimum absolute atomic E-state index is 0.0636. The molecule has 2 fully saturated rings. The predicted molar refractivity (Wildman–Crippen MR) is 72.4 cm³/mol. The molecule has 0 bridgehead atoms. The van der Waals surface area contributed by atoms with Crippen molar-refractivity contribution in [1.29, 1.82) is 5.26 Å². The molecule has 1 amide bonds. The van der Waals surface area contributed by atoms with Gasteiger partial charge in [0, 0.05) is 20.0 Å². The number of carbonyl (C=O) groups excluding carboxylic acids is 2. The van der Waals surface area contributed by atoms with Crippen LogP contribution in [0.15, 0.2) is 0 Å². The molecular formula is C15H22N2O3. The number of ether oxygens (including phenoxy) is 1. The molecule has 2 rings (SSSR count). The van der Waals surface area contributed by atoms with Gasteiger partial charge in [0.05, 0.1) is 17.9 Å². The summed E-state index contributed by atoms with van der Waals surface area (Å²) >= 11 is 0. The van der Waals surface area contributed by atoms with Gasteiger partial charge in [-0.1, -0.05) is 6.42 Å². The fraction of sp³-hybridized carbons (Fsp3) is 0.800. The lowest BCUT2D eigenvalue weighted by Gasteiger charge is -2.32. The Morgan fingerprint density at radius 1 is 1.15 bits per heavy atom. The topological polar surface area (TPSA) is 70.4 Å². The molecule has 0 aromatic heterocycles. The molecular weight excluding hydrogens is 256 g/mol. The number of esters is 1. The fourth-order valence-electron chi connectivity index (χ4n) is 3.06. The molecule has 20 heavy (non-hydrogen) atoms. The SMILES string of the molecule is CC(=O)N1CCC(C(=O)O[C@H]2CCCC[C@@H]2C#N)CC1. The summed E-state index contributed by atoms with van der Waals surface area (Å²) in [6.07, 6.45) is 4.81. The van der Waals surface area contributed by atoms with Gasteiger partial charge in [-0.25, -0.2) is 0 Å². The molecule has 5 nitrogen and oxygen atoms in total. The predicted octanol–water partition coefficient (Wildman–Crippen LogP) is 1.87. The van der Waals surface area contributed by atoms with Gasteiger partial charge in [-0.3, -0.25) is 9.59 Å². The molecule has 0 N–H and O–H groups in total. The number of likely N-dealkylation sites (tertiary alicyclic amines) is 1. The van der Waals surface area contributed by atoms with E-state index in [2.05, 4.69) is 6.07 Å². The van der Waals surface area contributed by atoms with E-state index in [1.165, 1.54) is 0 Å². The Kier molecular flexibility index (Phi) is 4.99. The maximum absolute atomic E-state index is 12.2. The average Bonchev–Trinajstić information content (AvgIpc) is 2.48. The fourth-order valence-corrected chi connectivity index (χ4v) is 3.06. The Morgan fingerprint density at radius 2 is 1.80 bits per heavy atom. The van der Waals surface area contributed by atoms with Gasteiger partial charge < -0.3 is 9.64 Å². The molecule has 0 unspecified atom stereocenters. The first kappa shape index (κ1) is 14.8. The van der Waals surface area contributed by atoms with Crippen LogP contribution in [0.5, 0.6) is 0 Å². The molecule has 1 saturated heterocycles. The number of nitrogens with zero attached hydrogens (tertiary/aromatic N) is 2. The molecule has 5 heteroatoms. The van der Waals surface area contributed by atoms with Crippen molar-refractivity contribution in [3.63, 3.8) is 0 Å². The van der Waals surface area contributed by atoms with Crippen LogP contribution in [0, 0.1) is 23.2 Å². The van der Waals surface area contributed by atoms with Crippen molar-refractivity contribution >= 4 is 11.9 Å². The molecule has 0 aromatic carbocycles. The van der Waals surface area contributed by atoms with Crippen LogP contribution in [0.4, 0.5) is 0 Å². The van der Waals surface area contributed by atoms with E-state index in [1.807, 2.05) is 0 Å². The van der Waals surface area contributed by atoms with Crippen LogP contribution >= 0.6 is 0 Å². The number of piperidine rings is 1. The number of hydrogen-bond donors (Lipinski definition) is 0. The third-order valence-corrected chi connectivity index (χ3v) is 4.41. The zero-order valence-corrected chi connectivity index (χ0v) is 12.0. The summed E-state index contributed by atoms with van der Waals surface area (Å²) in [6.45, 7) is 2.81. The largest absolute Gasteiger partial charge is 0.461 e. The number of nitriles is 1. The van der Waals surface area contributed by atoms with Gasteiger partial charge in [0.25, 0.3) is 0 Å². The van der Waals surface area contributed by atoms with Crippen LogP contribution in [0.1, 0.15) is 45.4 Å². The zero-order valence-electron chi connectivity index (χ0n) is 12.0. The molecule has 2 aliphatic rings. The van der Waals surface area contributed by atoms with Crippen molar-refractivity contribution in [2.45, 2.75) is 51.6 Å². The van der Waals surface area contributed by atoms with E-state index in [9.17, 15) is 9.59 Å². The first-order valence-corrected chi connectivity index (χ1v) is 7.47. The van der Waals surface area contributed by atoms with Crippen molar-refractivity contribution in [3.8, 4) is 6.07 Å². The third-order valence-electron chi connectivity index (χ3n) is 4.41. The Morgan fingerprint density at radius 3 is 2.40 bits per heavy atom. The van der Waals surface area contributed by atoms with Crippen molar-refractivity contribution < 1.29 is 14.3 Å². The minimum Gasteiger partial charge on any atom is -0.461 e. The zero-order chi connectivity index (χ0) is 14.5. The van der Waals surface area contributed by atoms with E-state index in [4.69, 9.17) is 10.00 Å². The van der Waals surface area contributed by atoms with Crippen LogP contribution in [0.3, 0.4) is 0 Å². The second-order valence-electron chi connectivity index (χ2n) is 5.78. The number of amides is 1. The van der Waals surface area contributed by atoms with Gasteiger partial charge in [0.1, 0.15) is 6.10 Å². The highest BCUT2D eigenvalue weighted by atomic mass is 16.5. The monoisotopic (exact) mass is 278 g/mol. The van der Waals surface area contributed by atoms with E-state index < -0.39 is 0 Å². The van der Waals surface area contributed by atoms with Gasteiger partial charge in [-0.2, -0.15) is 5.26 Å². The van der Waals surface area contributed by atoms with Crippen LogP contribution in [0.2, 0.25) is 0 Å². The molecule has 1 saturated carbocycles. The summed E-state index contributed by atoms with van der Waals surface area (Å²) in [5.74, 6) is -0.383. The molecule has 110 valence electrons. The lowest BCUT2D eigenvalue weighted by atomic mass is 9.87. The first-order valence-electron chi connectivity index (χ1n) is 7.47. The van der Waals surface area contributed by atoms with Gasteiger partial charge in [0.15, 0.2) is 0 Å². The molecule has 1 aliphatic heterocycles. The highest BCUT2D eigenvalue weighted by Gasteiger charge is 2.32. The summed E-state index contributed by atoms with van der Waals surface area (Å²) < 4.78 is 5.57. The normalized spacial score (nSPS) is 27.7. The highest BCUT2D eigenvalue weighted by molar-refractivity contribution is 5.75. The summed E-state index contributed by atoms with van der Waals surface area (Å²) in [7, 11) is 0. The van der Waals surface area contributed by atoms with E-state index >= 15 is 0 Å². The van der Waals surface area contributed by atoms with Crippen molar-refractivity contribution in [1.82, 2.24) is 4.90 Å². The Labute approximate surface area is 119 Å². The van der Waals surface area contributed by atoms with Gasteiger partial charge in [-0.15, -0.1) is 0 Å². The second-order valence-corrected chi connectivity index (χ2v) is 5.78. The van der Waals surface area contributed by atoms with Crippen LogP contribution in [-0.4, -0.2) is 36.0 Å². The summed E-state index contributed by atoms with van der Waals surface area (Å²) in [6, 6.07) is 2.25. The Hall–Kier alpha value is -1.57. The van der Waals surface area contributed by atoms with Crippen LogP contribution in [0.25, 0.3) is 0 Å². The molecule has 0 aromatic rings. The van der Waals surface area contributed by atoms with E-state index in [0.717, 1.165) is 25.7 Å². The standard InChI is InChI=1S/C15H22N2O3/c1-11(18)17-8-6-12(7-9-17)15(19)20-14-5-3-2-4-13(14)10-16/h12-14H,2-9H2,1H3/t13-,14+/m1/s1. The molecule has 0 radical (unpaired) electrons. The van der Waals surface area contributed by atoms with Crippen LogP contribution < -0.4 is 0 Å². The Balaban J connectivity index is 1.83. The summed E-state index contributed by atoms with van der Waals surface area (Å²) in [4.78, 5) is 25.2. The smallest absolute Gasteiger partial charge is 0.309 e. The molecule has 0 spiro atoms. The van der Waals surface area contributed by atoms with E-state index in [0.29, 0.717) is 25.9 Å². The Bertz CT molecular complexity index is 408. The number of rotatable bonds is 2. The van der Waals surface area contributed by atoms with Crippen molar-refractivity contribution in [2.24, 2.45) is 11.8 Å². The lowest BCUT2D eigenvalue weighted by molar-refractivity contribution is -0.159. The van der Waals surface area contributed by atoms with Gasteiger partial charge in [0.2, 0.25) is 5.91 Å². The van der Waals surface area contributed by atoms with Gasteiger partial charge in [-0.05, 0) is 32.1 Å². The van der Waals surface area contributed by atoms with E-state index in [-0.39, 0.29) is 29.8 Å². The van der Waals surface area contributed by atoms with Crippen LogP contribution in [-0.2, 0) is 14.3 Å². The van der Waals surface area contributed by atoms with E-state index in [1.54, 1.807) is 11.8 Å². The van der Waals surface area contributed by atoms with Crippen molar-refractivity contribution in [3.05, 3.63) is 0 Å². The minimum atomic E-state index is -0.230. The third kappa shape index (κ3) is 3.50. The molecule has 1 aliphatic carbocycles. The molecule has 2 atom stereocenters. The highest BCUT2D eigenvalue weighted by Crippen LogP contribution is 2.28. The van der Waals surface area contributed by atoms with Crippen molar-refractivity contribution in [2.75, 3.05) is 13.1 Å². The summed E-state index contributed by atoms with van der Waals surface area (Å²) in [5.41, 5.74) is 0. The maximum atomic E-state index is 12.2. The number of hydrogen-bond acceptors (Lipinski definition) is 4. The first-order chi connectivity index (χ1) is 9.61. The maximum Gasteiger partial charge on any atom is 0.309 e.